The number of fused-ring (bicyclic) bond motifs is 1. The summed E-state index contributed by atoms with van der Waals surface area (Å²) in [7, 11) is 0. The second kappa shape index (κ2) is 7.87. The van der Waals surface area contributed by atoms with Gasteiger partial charge in [-0.1, -0.05) is 36.4 Å². The van der Waals surface area contributed by atoms with E-state index in [0.717, 1.165) is 11.2 Å². The maximum atomic E-state index is 12.4. The van der Waals surface area contributed by atoms with Crippen LogP contribution in [-0.2, 0) is 6.54 Å². The van der Waals surface area contributed by atoms with Gasteiger partial charge >= 0.3 is 0 Å². The topological polar surface area (TPSA) is 81.4 Å². The number of hydrogen-bond donors (Lipinski definition) is 1. The molecule has 3 aromatic heterocycles. The third-order valence-corrected chi connectivity index (χ3v) is 4.36. The SMILES string of the molecule is C[C@@H](Oc1ccc(C(=O)NCc2nnc3ccccn23)cn1)c1ccccc1. The first kappa shape index (κ1) is 17.7. The van der Waals surface area contributed by atoms with E-state index in [9.17, 15) is 4.79 Å². The molecule has 1 aromatic carbocycles. The molecule has 1 N–H and O–H groups in total. The van der Waals surface area contributed by atoms with E-state index >= 15 is 0 Å². The maximum absolute atomic E-state index is 12.4. The van der Waals surface area contributed by atoms with Gasteiger partial charge in [0.25, 0.3) is 5.91 Å². The van der Waals surface area contributed by atoms with E-state index < -0.39 is 0 Å². The molecular weight excluding hydrogens is 354 g/mol. The number of carbonyl (C=O) groups excluding carboxylic acids is 1. The number of amides is 1. The molecular formula is C21H19N5O2. The predicted octanol–water partition coefficient (Wildman–Crippen LogP) is 3.19. The third kappa shape index (κ3) is 3.83. The van der Waals surface area contributed by atoms with Gasteiger partial charge in [-0.3, -0.25) is 9.20 Å². The number of nitrogens with one attached hydrogen (secondary N) is 1. The minimum absolute atomic E-state index is 0.130. The molecule has 0 radical (unpaired) electrons. The van der Waals surface area contributed by atoms with Crippen LogP contribution >= 0.6 is 0 Å². The first-order valence-corrected chi connectivity index (χ1v) is 8.95. The Morgan fingerprint density at radius 3 is 2.68 bits per heavy atom. The second-order valence-electron chi connectivity index (χ2n) is 6.28. The van der Waals surface area contributed by atoms with Crippen LogP contribution in [0.15, 0.2) is 73.1 Å². The Bertz CT molecular complexity index is 1080. The van der Waals surface area contributed by atoms with Gasteiger partial charge in [0, 0.05) is 18.5 Å². The average Bonchev–Trinajstić information content (AvgIpc) is 3.16. The van der Waals surface area contributed by atoms with Gasteiger partial charge in [0.1, 0.15) is 6.10 Å². The molecule has 4 aromatic rings. The fourth-order valence-corrected chi connectivity index (χ4v) is 2.83. The zero-order valence-corrected chi connectivity index (χ0v) is 15.3. The lowest BCUT2D eigenvalue weighted by Gasteiger charge is -2.14. The summed E-state index contributed by atoms with van der Waals surface area (Å²) in [4.78, 5) is 16.6. The standard InChI is InChI=1S/C21H19N5O2/c1-15(16-7-3-2-4-8-16)28-20-11-10-17(13-22-20)21(27)23-14-19-25-24-18-9-5-6-12-26(18)19/h2-13,15H,14H2,1H3,(H,23,27)/t15-/m1/s1. The minimum Gasteiger partial charge on any atom is -0.470 e. The quantitative estimate of drug-likeness (QED) is 0.561. The van der Waals surface area contributed by atoms with E-state index in [1.807, 2.05) is 66.1 Å². The Hall–Kier alpha value is -3.74. The highest BCUT2D eigenvalue weighted by Crippen LogP contribution is 2.19. The summed E-state index contributed by atoms with van der Waals surface area (Å²) in [5.74, 6) is 0.896. The van der Waals surface area contributed by atoms with E-state index in [0.29, 0.717) is 17.3 Å². The second-order valence-corrected chi connectivity index (χ2v) is 6.28. The third-order valence-electron chi connectivity index (χ3n) is 4.36. The highest BCUT2D eigenvalue weighted by Gasteiger charge is 2.11. The molecule has 0 aliphatic heterocycles. The lowest BCUT2D eigenvalue weighted by Crippen LogP contribution is -2.24. The molecule has 28 heavy (non-hydrogen) atoms. The minimum atomic E-state index is -0.233. The first-order chi connectivity index (χ1) is 13.7. The Kier molecular flexibility index (Phi) is 4.97. The van der Waals surface area contributed by atoms with E-state index in [1.165, 1.54) is 6.20 Å². The van der Waals surface area contributed by atoms with Crippen molar-refractivity contribution in [2.75, 3.05) is 0 Å². The van der Waals surface area contributed by atoms with Crippen LogP contribution in [0.4, 0.5) is 0 Å². The molecule has 0 saturated heterocycles. The molecule has 7 heteroatoms. The number of nitrogens with zero attached hydrogens (tertiary/aromatic N) is 4. The van der Waals surface area contributed by atoms with Crippen LogP contribution in [0.1, 0.15) is 34.8 Å². The summed E-state index contributed by atoms with van der Waals surface area (Å²) in [5, 5.41) is 11.0. The van der Waals surface area contributed by atoms with E-state index in [2.05, 4.69) is 20.5 Å². The molecule has 140 valence electrons. The van der Waals surface area contributed by atoms with Crippen molar-refractivity contribution in [3.63, 3.8) is 0 Å². The van der Waals surface area contributed by atoms with Crippen LogP contribution in [0.5, 0.6) is 5.88 Å². The van der Waals surface area contributed by atoms with Crippen molar-refractivity contribution in [2.45, 2.75) is 19.6 Å². The molecule has 0 aliphatic carbocycles. The number of pyridine rings is 2. The van der Waals surface area contributed by atoms with Gasteiger partial charge in [-0.15, -0.1) is 10.2 Å². The first-order valence-electron chi connectivity index (χ1n) is 8.95. The highest BCUT2D eigenvalue weighted by molar-refractivity contribution is 5.93. The highest BCUT2D eigenvalue weighted by atomic mass is 16.5. The molecule has 0 saturated carbocycles. The van der Waals surface area contributed by atoms with Gasteiger partial charge in [-0.25, -0.2) is 4.98 Å². The summed E-state index contributed by atoms with van der Waals surface area (Å²) in [5.41, 5.74) is 2.25. The molecule has 7 nitrogen and oxygen atoms in total. The fraction of sp³-hybridized carbons (Fsp3) is 0.143. The summed E-state index contributed by atoms with van der Waals surface area (Å²) in [6, 6.07) is 18.9. The van der Waals surface area contributed by atoms with Crippen molar-refractivity contribution < 1.29 is 9.53 Å². The van der Waals surface area contributed by atoms with Crippen molar-refractivity contribution in [3.05, 3.63) is 90.0 Å². The number of benzene rings is 1. The number of hydrogen-bond acceptors (Lipinski definition) is 5. The van der Waals surface area contributed by atoms with Gasteiger partial charge < -0.3 is 10.1 Å². The number of carbonyl (C=O) groups is 1. The zero-order chi connectivity index (χ0) is 19.3. The van der Waals surface area contributed by atoms with Crippen LogP contribution < -0.4 is 10.1 Å². The van der Waals surface area contributed by atoms with E-state index in [4.69, 9.17) is 4.74 Å². The van der Waals surface area contributed by atoms with Crippen LogP contribution in [0.3, 0.4) is 0 Å². The molecule has 1 atom stereocenters. The largest absolute Gasteiger partial charge is 0.470 e. The summed E-state index contributed by atoms with van der Waals surface area (Å²) in [6.07, 6.45) is 3.23. The fourth-order valence-electron chi connectivity index (χ4n) is 2.83. The Morgan fingerprint density at radius 1 is 1.07 bits per heavy atom. The molecule has 1 amide bonds. The lowest BCUT2D eigenvalue weighted by atomic mass is 10.1. The van der Waals surface area contributed by atoms with Crippen LogP contribution in [-0.4, -0.2) is 25.5 Å². The van der Waals surface area contributed by atoms with Crippen molar-refractivity contribution in [1.82, 2.24) is 24.9 Å². The number of rotatable bonds is 6. The van der Waals surface area contributed by atoms with Crippen molar-refractivity contribution in [3.8, 4) is 5.88 Å². The van der Waals surface area contributed by atoms with Crippen molar-refractivity contribution in [2.24, 2.45) is 0 Å². The van der Waals surface area contributed by atoms with E-state index in [1.54, 1.807) is 12.1 Å². The molecule has 3 heterocycles. The summed E-state index contributed by atoms with van der Waals surface area (Å²) < 4.78 is 7.67. The summed E-state index contributed by atoms with van der Waals surface area (Å²) in [6.45, 7) is 2.23. The normalized spacial score (nSPS) is 11.9. The molecule has 0 spiro atoms. The van der Waals surface area contributed by atoms with Gasteiger partial charge in [0.15, 0.2) is 11.5 Å². The lowest BCUT2D eigenvalue weighted by molar-refractivity contribution is 0.0949. The van der Waals surface area contributed by atoms with Gasteiger partial charge in [-0.05, 0) is 30.7 Å². The van der Waals surface area contributed by atoms with Crippen LogP contribution in [0.25, 0.3) is 5.65 Å². The zero-order valence-electron chi connectivity index (χ0n) is 15.3. The monoisotopic (exact) mass is 373 g/mol. The van der Waals surface area contributed by atoms with Crippen LogP contribution in [0.2, 0.25) is 0 Å². The van der Waals surface area contributed by atoms with Crippen molar-refractivity contribution >= 4 is 11.6 Å². The molecule has 0 bridgehead atoms. The predicted molar refractivity (Wildman–Crippen MR) is 104 cm³/mol. The average molecular weight is 373 g/mol. The summed E-state index contributed by atoms with van der Waals surface area (Å²) >= 11 is 0. The smallest absolute Gasteiger partial charge is 0.253 e. The maximum Gasteiger partial charge on any atom is 0.253 e. The molecule has 0 aliphatic rings. The van der Waals surface area contributed by atoms with Gasteiger partial charge in [0.05, 0.1) is 12.1 Å². The number of ether oxygens (including phenoxy) is 1. The van der Waals surface area contributed by atoms with Crippen LogP contribution in [0, 0.1) is 0 Å². The van der Waals surface area contributed by atoms with Gasteiger partial charge in [0.2, 0.25) is 5.88 Å². The number of aromatic nitrogens is 4. The van der Waals surface area contributed by atoms with Crippen molar-refractivity contribution in [1.29, 1.82) is 0 Å². The van der Waals surface area contributed by atoms with Gasteiger partial charge in [-0.2, -0.15) is 0 Å². The Labute approximate surface area is 162 Å². The molecule has 0 fully saturated rings. The Balaban J connectivity index is 1.37. The molecule has 0 unspecified atom stereocenters. The Morgan fingerprint density at radius 2 is 1.89 bits per heavy atom. The molecule has 4 rings (SSSR count). The van der Waals surface area contributed by atoms with E-state index in [-0.39, 0.29) is 18.6 Å².